The summed E-state index contributed by atoms with van der Waals surface area (Å²) in [6.07, 6.45) is 2.08. The summed E-state index contributed by atoms with van der Waals surface area (Å²) in [6.45, 7) is 2.11. The summed E-state index contributed by atoms with van der Waals surface area (Å²) >= 11 is 0. The molecule has 1 heterocycles. The van der Waals surface area contributed by atoms with Gasteiger partial charge >= 0.3 is 0 Å². The number of fused-ring (bicyclic) bond motifs is 1. The van der Waals surface area contributed by atoms with Crippen molar-refractivity contribution in [1.29, 1.82) is 0 Å². The molecule has 0 atom stereocenters. The molecular formula is C21H18N2. The van der Waals surface area contributed by atoms with Crippen LogP contribution in [0.25, 0.3) is 27.7 Å². The molecule has 4 aromatic rings. The molecule has 0 radical (unpaired) electrons. The van der Waals surface area contributed by atoms with Gasteiger partial charge in [0.2, 0.25) is 0 Å². The van der Waals surface area contributed by atoms with Crippen LogP contribution >= 0.6 is 0 Å². The van der Waals surface area contributed by atoms with Gasteiger partial charge in [-0.25, -0.2) is 0 Å². The average Bonchev–Trinajstić information content (AvgIpc) is 2.99. The number of aromatic nitrogens is 1. The van der Waals surface area contributed by atoms with Gasteiger partial charge in [0.15, 0.2) is 0 Å². The van der Waals surface area contributed by atoms with Gasteiger partial charge in [-0.1, -0.05) is 48.0 Å². The average molecular weight is 298 g/mol. The van der Waals surface area contributed by atoms with Gasteiger partial charge in [0.25, 0.3) is 0 Å². The van der Waals surface area contributed by atoms with E-state index in [1.165, 1.54) is 27.6 Å². The second-order valence-electron chi connectivity index (χ2n) is 5.88. The highest BCUT2D eigenvalue weighted by Gasteiger charge is 2.07. The molecule has 0 spiro atoms. The van der Waals surface area contributed by atoms with Gasteiger partial charge in [-0.15, -0.1) is 0 Å². The second-order valence-corrected chi connectivity index (χ2v) is 5.88. The molecule has 2 nitrogen and oxygen atoms in total. The van der Waals surface area contributed by atoms with Crippen molar-refractivity contribution in [2.24, 2.45) is 0 Å². The lowest BCUT2D eigenvalue weighted by Crippen LogP contribution is -1.97. The van der Waals surface area contributed by atoms with Gasteiger partial charge in [-0.2, -0.15) is 0 Å². The lowest BCUT2D eigenvalue weighted by atomic mass is 10.0. The summed E-state index contributed by atoms with van der Waals surface area (Å²) in [4.78, 5) is 0. The molecule has 0 bridgehead atoms. The van der Waals surface area contributed by atoms with Crippen molar-refractivity contribution in [3.8, 4) is 16.8 Å². The molecule has 0 aliphatic heterocycles. The van der Waals surface area contributed by atoms with Crippen LogP contribution in [0.4, 0.5) is 5.69 Å². The Bertz CT molecular complexity index is 978. The molecule has 2 N–H and O–H groups in total. The van der Waals surface area contributed by atoms with Gasteiger partial charge in [-0.05, 0) is 48.4 Å². The fourth-order valence-electron chi connectivity index (χ4n) is 2.99. The zero-order valence-electron chi connectivity index (χ0n) is 13.0. The second kappa shape index (κ2) is 5.33. The topological polar surface area (TPSA) is 30.9 Å². The standard InChI is InChI=1S/C21H18N2/c1-15-6-8-16(9-7-15)17-10-11-20-18(14-17)12-13-23(20)21-5-3-2-4-19(21)22/h2-14H,22H2,1H3. The summed E-state index contributed by atoms with van der Waals surface area (Å²) in [5.41, 5.74) is 12.8. The van der Waals surface area contributed by atoms with Crippen molar-refractivity contribution in [1.82, 2.24) is 4.57 Å². The van der Waals surface area contributed by atoms with Crippen molar-refractivity contribution >= 4 is 16.6 Å². The first-order valence-electron chi connectivity index (χ1n) is 7.75. The summed E-state index contributed by atoms with van der Waals surface area (Å²) in [5.74, 6) is 0. The number of rotatable bonds is 2. The van der Waals surface area contributed by atoms with Gasteiger partial charge < -0.3 is 10.3 Å². The minimum atomic E-state index is 0.785. The van der Waals surface area contributed by atoms with Gasteiger partial charge in [-0.3, -0.25) is 0 Å². The number of nitrogen functional groups attached to an aromatic ring is 1. The largest absolute Gasteiger partial charge is 0.397 e. The zero-order chi connectivity index (χ0) is 15.8. The van der Waals surface area contributed by atoms with Crippen LogP contribution in [0.1, 0.15) is 5.56 Å². The first kappa shape index (κ1) is 13.6. The first-order chi connectivity index (χ1) is 11.2. The smallest absolute Gasteiger partial charge is 0.0685 e. The Morgan fingerprint density at radius 3 is 2.30 bits per heavy atom. The molecule has 3 aromatic carbocycles. The van der Waals surface area contributed by atoms with Crippen molar-refractivity contribution in [3.05, 3.63) is 84.6 Å². The maximum atomic E-state index is 6.12. The molecule has 23 heavy (non-hydrogen) atoms. The Labute approximate surface area is 135 Å². The van der Waals surface area contributed by atoms with Crippen LogP contribution in [0.2, 0.25) is 0 Å². The highest BCUT2D eigenvalue weighted by atomic mass is 15.0. The third-order valence-electron chi connectivity index (χ3n) is 4.27. The Morgan fingerprint density at radius 2 is 1.52 bits per heavy atom. The SMILES string of the molecule is Cc1ccc(-c2ccc3c(ccn3-c3ccccc3N)c2)cc1. The van der Waals surface area contributed by atoms with Crippen LogP contribution in [-0.4, -0.2) is 4.57 Å². The summed E-state index contributed by atoms with van der Waals surface area (Å²) in [5, 5.41) is 1.21. The van der Waals surface area contributed by atoms with E-state index in [0.717, 1.165) is 11.4 Å². The predicted molar refractivity (Wildman–Crippen MR) is 97.9 cm³/mol. The molecule has 112 valence electrons. The quantitative estimate of drug-likeness (QED) is 0.507. The van der Waals surface area contributed by atoms with Crippen LogP contribution < -0.4 is 5.73 Å². The highest BCUT2D eigenvalue weighted by Crippen LogP contribution is 2.28. The van der Waals surface area contributed by atoms with Crippen molar-refractivity contribution < 1.29 is 0 Å². The molecule has 0 saturated carbocycles. The predicted octanol–water partition coefficient (Wildman–Crippen LogP) is 5.19. The number of nitrogens with zero attached hydrogens (tertiary/aromatic N) is 1. The highest BCUT2D eigenvalue weighted by molar-refractivity contribution is 5.87. The maximum absolute atomic E-state index is 6.12. The third kappa shape index (κ3) is 2.38. The van der Waals surface area contributed by atoms with Crippen LogP contribution in [0.15, 0.2) is 79.0 Å². The first-order valence-corrected chi connectivity index (χ1v) is 7.75. The fraction of sp³-hybridized carbons (Fsp3) is 0.0476. The van der Waals surface area contributed by atoms with E-state index < -0.39 is 0 Å². The van der Waals surface area contributed by atoms with E-state index in [-0.39, 0.29) is 0 Å². The lowest BCUT2D eigenvalue weighted by molar-refractivity contribution is 1.13. The Kier molecular flexibility index (Phi) is 3.16. The van der Waals surface area contributed by atoms with E-state index in [1.807, 2.05) is 24.3 Å². The van der Waals surface area contributed by atoms with Crippen LogP contribution in [-0.2, 0) is 0 Å². The molecule has 1 aromatic heterocycles. The number of aryl methyl sites for hydroxylation is 1. The molecule has 4 rings (SSSR count). The van der Waals surface area contributed by atoms with Gasteiger partial charge in [0.1, 0.15) is 0 Å². The number of anilines is 1. The van der Waals surface area contributed by atoms with E-state index in [9.17, 15) is 0 Å². The molecule has 2 heteroatoms. The molecule has 0 aliphatic rings. The van der Waals surface area contributed by atoms with E-state index in [2.05, 4.69) is 66.2 Å². The number of nitrogens with two attached hydrogens (primary N) is 1. The molecular weight excluding hydrogens is 280 g/mol. The van der Waals surface area contributed by atoms with Crippen molar-refractivity contribution in [3.63, 3.8) is 0 Å². The fourth-order valence-corrected chi connectivity index (χ4v) is 2.99. The molecule has 0 saturated heterocycles. The molecule has 0 amide bonds. The zero-order valence-corrected chi connectivity index (χ0v) is 13.0. The minimum Gasteiger partial charge on any atom is -0.397 e. The van der Waals surface area contributed by atoms with E-state index in [1.54, 1.807) is 0 Å². The Morgan fingerprint density at radius 1 is 0.783 bits per heavy atom. The van der Waals surface area contributed by atoms with Gasteiger partial charge in [0.05, 0.1) is 16.9 Å². The number of para-hydroxylation sites is 2. The van der Waals surface area contributed by atoms with Crippen LogP contribution in [0, 0.1) is 6.92 Å². The van der Waals surface area contributed by atoms with Crippen molar-refractivity contribution in [2.45, 2.75) is 6.92 Å². The van der Waals surface area contributed by atoms with Crippen LogP contribution in [0.3, 0.4) is 0 Å². The number of hydrogen-bond donors (Lipinski definition) is 1. The van der Waals surface area contributed by atoms with Crippen LogP contribution in [0.5, 0.6) is 0 Å². The lowest BCUT2D eigenvalue weighted by Gasteiger charge is -2.09. The van der Waals surface area contributed by atoms with E-state index in [4.69, 9.17) is 5.73 Å². The Hall–Kier alpha value is -3.00. The normalized spacial score (nSPS) is 11.0. The minimum absolute atomic E-state index is 0.785. The summed E-state index contributed by atoms with van der Waals surface area (Å²) in [6, 6.07) is 25.3. The van der Waals surface area contributed by atoms with Gasteiger partial charge in [0, 0.05) is 11.6 Å². The summed E-state index contributed by atoms with van der Waals surface area (Å²) < 4.78 is 2.14. The maximum Gasteiger partial charge on any atom is 0.0685 e. The van der Waals surface area contributed by atoms with Crippen molar-refractivity contribution in [2.75, 3.05) is 5.73 Å². The summed E-state index contributed by atoms with van der Waals surface area (Å²) in [7, 11) is 0. The molecule has 0 aliphatic carbocycles. The molecule has 0 fully saturated rings. The molecule has 0 unspecified atom stereocenters. The number of benzene rings is 3. The van der Waals surface area contributed by atoms with E-state index >= 15 is 0 Å². The number of hydrogen-bond acceptors (Lipinski definition) is 1. The third-order valence-corrected chi connectivity index (χ3v) is 4.27. The Balaban J connectivity index is 1.83. The van der Waals surface area contributed by atoms with E-state index in [0.29, 0.717) is 0 Å². The monoisotopic (exact) mass is 298 g/mol.